The van der Waals surface area contributed by atoms with Crippen LogP contribution in [0.5, 0.6) is 0 Å². The van der Waals surface area contributed by atoms with E-state index in [1.165, 1.54) is 62.3 Å². The Bertz CT molecular complexity index is 4150. The van der Waals surface area contributed by atoms with Gasteiger partial charge in [-0.05, 0) is 83.3 Å². The van der Waals surface area contributed by atoms with Crippen LogP contribution in [0, 0.1) is 23.7 Å². The molecule has 0 saturated carbocycles. The molecular weight excluding hydrogens is 1650 g/mol. The quantitative estimate of drug-likeness (QED) is 0.0586. The molecule has 1 unspecified atom stereocenters. The molecule has 4 heterocycles. The highest BCUT2D eigenvalue weighted by atomic mass is 32.2. The van der Waals surface area contributed by atoms with Gasteiger partial charge in [-0.25, -0.2) is 0 Å². The van der Waals surface area contributed by atoms with E-state index in [1.54, 1.807) is 72.0 Å². The van der Waals surface area contributed by atoms with Crippen molar-refractivity contribution >= 4 is 164 Å². The second kappa shape index (κ2) is 48.9. The molecule has 0 aliphatic carbocycles. The van der Waals surface area contributed by atoms with Gasteiger partial charge in [-0.1, -0.05) is 93.9 Å². The van der Waals surface area contributed by atoms with Gasteiger partial charge < -0.3 is 111 Å². The fourth-order valence-electron chi connectivity index (χ4n) is 12.6. The minimum Gasteiger partial charge on any atom is -0.481 e. The zero-order valence-corrected chi connectivity index (χ0v) is 73.5. The zero-order valence-electron chi connectivity index (χ0n) is 71.1. The van der Waals surface area contributed by atoms with Crippen LogP contribution in [0.2, 0.25) is 0 Å². The molecule has 20 atom stereocenters. The van der Waals surface area contributed by atoms with E-state index in [-0.39, 0.29) is 31.4 Å². The normalized spacial score (nSPS) is 28.2. The molecule has 2 bridgehead atoms. The zero-order chi connectivity index (χ0) is 91.3. The number of aliphatic hydroxyl groups excluding tert-OH is 1. The van der Waals surface area contributed by atoms with E-state index >= 15 is 24.0 Å². The summed E-state index contributed by atoms with van der Waals surface area (Å²) in [6.07, 6.45) is -0.268. The minimum atomic E-state index is -1.91. The van der Waals surface area contributed by atoms with Crippen molar-refractivity contribution in [1.82, 2.24) is 101 Å². The lowest BCUT2D eigenvalue weighted by molar-refractivity contribution is -0.139. The predicted molar refractivity (Wildman–Crippen MR) is 451 cm³/mol. The van der Waals surface area contributed by atoms with Crippen molar-refractivity contribution in [3.8, 4) is 0 Å². The van der Waals surface area contributed by atoms with Gasteiger partial charge in [0.1, 0.15) is 90.6 Å². The molecule has 0 spiro atoms. The number of ketones is 1. The summed E-state index contributed by atoms with van der Waals surface area (Å²) in [5.41, 5.74) is 1.22. The number of amides is 18. The molecule has 3 aliphatic heterocycles. The van der Waals surface area contributed by atoms with E-state index < -0.39 is 299 Å². The topological polar surface area (TPSA) is 614 Å². The molecule has 44 heteroatoms. The monoisotopic (exact) mass is 1770 g/mol. The van der Waals surface area contributed by atoms with E-state index in [0.29, 0.717) is 28.2 Å². The van der Waals surface area contributed by atoms with E-state index in [0.717, 1.165) is 23.5 Å². The number of aromatic nitrogens is 1. The Morgan fingerprint density at radius 2 is 1.06 bits per heavy atom. The maximum Gasteiger partial charge on any atom is 0.303 e. The van der Waals surface area contributed by atoms with Crippen LogP contribution in [0.1, 0.15) is 142 Å². The van der Waals surface area contributed by atoms with Crippen molar-refractivity contribution in [3.05, 3.63) is 36.0 Å². The summed E-state index contributed by atoms with van der Waals surface area (Å²) in [4.78, 5) is 289. The van der Waals surface area contributed by atoms with E-state index in [2.05, 4.69) is 101 Å². The number of fused-ring (bicyclic) bond motifs is 10. The van der Waals surface area contributed by atoms with Gasteiger partial charge in [0.05, 0.1) is 25.7 Å². The molecule has 41 nitrogen and oxygen atoms in total. The lowest BCUT2D eigenvalue weighted by atomic mass is 9.96. The van der Waals surface area contributed by atoms with Crippen LogP contribution in [0.15, 0.2) is 30.5 Å². The Balaban J connectivity index is 1.76. The number of nitrogens with one attached hydrogen (secondary N) is 19. The van der Waals surface area contributed by atoms with Crippen molar-refractivity contribution < 1.29 is 106 Å². The lowest BCUT2D eigenvalue weighted by Gasteiger charge is -2.32. The fourth-order valence-corrected chi connectivity index (χ4v) is 15.9. The summed E-state index contributed by atoms with van der Waals surface area (Å²) in [5.74, 6) is -25.0. The number of hydrogen-bond acceptors (Lipinski definition) is 24. The first-order chi connectivity index (χ1) is 57.4. The molecular formula is C78H119N19O22S3. The summed E-state index contributed by atoms with van der Waals surface area (Å²) < 4.78 is 0. The summed E-state index contributed by atoms with van der Waals surface area (Å²) >= 11 is 2.38. The Morgan fingerprint density at radius 1 is 0.508 bits per heavy atom. The molecule has 1 aromatic carbocycles. The predicted octanol–water partition coefficient (Wildman–Crippen LogP) is -4.96. The number of carbonyl (C=O) groups is 20. The van der Waals surface area contributed by atoms with Crippen molar-refractivity contribution in [2.24, 2.45) is 23.7 Å². The third kappa shape index (κ3) is 31.4. The van der Waals surface area contributed by atoms with E-state index in [9.17, 15) is 82.1 Å². The molecule has 5 rings (SSSR count). The van der Waals surface area contributed by atoms with E-state index in [1.807, 2.05) is 0 Å². The third-order valence-corrected chi connectivity index (χ3v) is 24.5. The van der Waals surface area contributed by atoms with Crippen LogP contribution in [-0.2, 0) is 102 Å². The van der Waals surface area contributed by atoms with E-state index in [4.69, 9.17) is 0 Å². The number of aromatic amines is 1. The summed E-state index contributed by atoms with van der Waals surface area (Å²) in [6, 6.07) is -18.5. The number of carboxylic acid groups (broad SMARTS) is 1. The largest absolute Gasteiger partial charge is 0.481 e. The average molecular weight is 1770 g/mol. The van der Waals surface area contributed by atoms with Crippen LogP contribution < -0.4 is 95.7 Å². The molecule has 3 saturated heterocycles. The molecule has 1 aromatic heterocycles. The van der Waals surface area contributed by atoms with Gasteiger partial charge in [0.15, 0.2) is 5.78 Å². The summed E-state index contributed by atoms with van der Waals surface area (Å²) in [7, 11) is 0. The number of aliphatic carboxylic acids is 1. The van der Waals surface area contributed by atoms with Crippen LogP contribution in [0.3, 0.4) is 0 Å². The number of carbonyl (C=O) groups excluding carboxylic acids is 19. The molecule has 2 aromatic rings. The number of hydrogen-bond donors (Lipinski definition) is 21. The highest BCUT2D eigenvalue weighted by Gasteiger charge is 2.43. The van der Waals surface area contributed by atoms with Crippen molar-refractivity contribution in [2.45, 2.75) is 250 Å². The van der Waals surface area contributed by atoms with Crippen LogP contribution >= 0.6 is 35.3 Å². The van der Waals surface area contributed by atoms with Gasteiger partial charge in [0, 0.05) is 69.4 Å². The number of thioether (sulfide) groups is 3. The smallest absolute Gasteiger partial charge is 0.303 e. The first-order valence-electron chi connectivity index (χ1n) is 40.5. The first-order valence-corrected chi connectivity index (χ1v) is 43.7. The second-order valence-corrected chi connectivity index (χ2v) is 35.3. The maximum absolute atomic E-state index is 15.8. The highest BCUT2D eigenvalue weighted by molar-refractivity contribution is 8.00. The Kier molecular flexibility index (Phi) is 40.8. The number of Topliss-reactive ketones (excluding diaryl/α,β-unsaturated/α-hetero) is 1. The summed E-state index contributed by atoms with van der Waals surface area (Å²) in [5, 5.41) is 64.1. The van der Waals surface area contributed by atoms with Crippen molar-refractivity contribution in [2.75, 3.05) is 42.7 Å². The summed E-state index contributed by atoms with van der Waals surface area (Å²) in [6.45, 7) is 19.2. The molecule has 3 fully saturated rings. The number of carboxylic acids is 1. The second-order valence-electron chi connectivity index (χ2n) is 31.4. The molecule has 18 amide bonds. The average Bonchev–Trinajstić information content (AvgIpc) is 1.57. The van der Waals surface area contributed by atoms with Gasteiger partial charge >= 0.3 is 5.97 Å². The number of H-pyrrole nitrogens is 1. The van der Waals surface area contributed by atoms with Crippen LogP contribution in [0.25, 0.3) is 10.9 Å². The molecule has 3 aliphatic rings. The van der Waals surface area contributed by atoms with Gasteiger partial charge in [-0.15, -0.1) is 0 Å². The SMILES string of the molecule is CCC(C)[C@@H]1NC(=O)[C@@H]2NC(=O)[C@H](CC(C)C)NC(=O)[C@H](NC(=O)[C@@H]3CSC[C@H](C)C(=O)N[C@@H](CO)C(=O)NCC(=O)N[C@@H](Cc4c[nH]c5ccccc45)C(=O)N[C@@H](C(C)C)C(=O)N3)[C@H](C)SC[C@H](NC(=O)[C@H](CCC(=O)O)NC1=O)C(=O)NCC(=O)N[C@@H](CC)C(=O)N[C@@H](C)C(=O)N[C@@H](C)C(=O)N[C@H](C(=O)N[C@@H](C)C(=O)N[C@@H](C)C(C)=O)CS[C@H]2C. The van der Waals surface area contributed by atoms with Crippen LogP contribution in [0.4, 0.5) is 0 Å². The first kappa shape index (κ1) is 102. The van der Waals surface area contributed by atoms with Crippen molar-refractivity contribution in [1.29, 1.82) is 0 Å². The van der Waals surface area contributed by atoms with Gasteiger partial charge in [0.2, 0.25) is 106 Å². The van der Waals surface area contributed by atoms with Crippen LogP contribution in [-0.4, -0.2) is 283 Å². The number of rotatable bonds is 19. The highest BCUT2D eigenvalue weighted by Crippen LogP contribution is 2.24. The molecule has 0 radical (unpaired) electrons. The fraction of sp³-hybridized carbons (Fsp3) is 0.641. The minimum absolute atomic E-state index is 0.118. The standard InChI is InChI=1S/C78H119N19O22S3/c1-16-36(7)60-76(117)88-49(22-23-58(102)103)70(111)92-54-32-121-43(14)61(97-74(115)53-31-120-30-37(8)63(104)90-52(29-98)67(108)80-28-57(101)87-51(72(113)94-59(35(5)6)75(116)93-53)25-45-26-79-48-21-19-18-20-46(45)48)77(118)89-50(24-34(3)4)71(112)96-62(78(119)95-60)44(15)122-33-55(73(114)85-39(10)64(105)82-38(9)42(13)99)91-66(107)41(12)83-65(106)40(11)84-69(110)47(17-2)86-56(100)27-81-68(54)109/h18-21,26,34-41,43-44,47,49-55,59-62,79,98H,16-17,22-25,27-33H2,1-15H3,(H,80,108)(H,81,109)(H,82,105)(H,83,106)(H,84,110)(H,85,114)(H,86,100)(H,87,101)(H,88,117)(H,89,118)(H,90,104)(H,91,107)(H,92,111)(H,93,116)(H,94,113)(H,95,119)(H,96,112)(H,97,115)(H,102,103)/t36?,37-,38-,39-,40-,41-,43-,44-,47-,49-,50-,51-,52-,53-,54-,55-,59-,60-,61+,62+/m0/s1. The number of benzene rings is 1. The third-order valence-electron chi connectivity index (χ3n) is 20.5. The van der Waals surface area contributed by atoms with Gasteiger partial charge in [0.25, 0.3) is 0 Å². The molecule has 676 valence electrons. The molecule has 122 heavy (non-hydrogen) atoms. The van der Waals surface area contributed by atoms with Gasteiger partial charge in [-0.2, -0.15) is 35.3 Å². The number of aliphatic hydroxyl groups is 1. The number of para-hydroxylation sites is 1. The Labute approximate surface area is 719 Å². The maximum atomic E-state index is 15.8. The van der Waals surface area contributed by atoms with Crippen molar-refractivity contribution in [3.63, 3.8) is 0 Å². The Hall–Kier alpha value is -10.6. The van der Waals surface area contributed by atoms with Gasteiger partial charge in [-0.3, -0.25) is 95.9 Å². The lowest BCUT2D eigenvalue weighted by Crippen LogP contribution is -2.63. The molecule has 21 N–H and O–H groups in total. The Morgan fingerprint density at radius 3 is 1.67 bits per heavy atom.